The van der Waals surface area contributed by atoms with E-state index >= 15 is 0 Å². The Balaban J connectivity index is 1.57. The van der Waals surface area contributed by atoms with Crippen molar-refractivity contribution in [1.82, 2.24) is 61.2 Å². The van der Waals surface area contributed by atoms with E-state index in [-0.39, 0.29) is 73.4 Å². The summed E-state index contributed by atoms with van der Waals surface area (Å²) < 4.78 is 0. The van der Waals surface area contributed by atoms with Crippen LogP contribution in [0.1, 0.15) is 58.6 Å². The molecule has 0 spiro atoms. The minimum absolute atomic E-state index is 0.00504. The summed E-state index contributed by atoms with van der Waals surface area (Å²) in [6.45, 7) is 1.42. The van der Waals surface area contributed by atoms with Gasteiger partial charge in [0, 0.05) is 19.3 Å². The number of Topliss-reactive ketones (excluding diaryl/α,β-unsaturated/α-hetero) is 1. The predicted octanol–water partition coefficient (Wildman–Crippen LogP) is -1.42. The molecule has 0 saturated heterocycles. The van der Waals surface area contributed by atoms with Crippen LogP contribution < -0.4 is 0 Å². The topological polar surface area (TPSA) is 246 Å². The van der Waals surface area contributed by atoms with Gasteiger partial charge in [0.1, 0.15) is 18.6 Å². The van der Waals surface area contributed by atoms with Crippen molar-refractivity contribution in [2.24, 2.45) is 0 Å². The zero-order chi connectivity index (χ0) is 27.8. The summed E-state index contributed by atoms with van der Waals surface area (Å²) in [4.78, 5) is 32.9. The fraction of sp³-hybridized carbons (Fsp3) is 0.318. The minimum atomic E-state index is -1.09. The van der Waals surface area contributed by atoms with Gasteiger partial charge in [0.25, 0.3) is 0 Å². The Kier molecular flexibility index (Phi) is 8.40. The summed E-state index contributed by atoms with van der Waals surface area (Å²) in [6.07, 6.45) is 0.00259. The molecular weight excluding hydrogens is 512 g/mol. The minimum Gasteiger partial charge on any atom is -0.481 e. The van der Waals surface area contributed by atoms with Crippen molar-refractivity contribution in [2.75, 3.05) is 0 Å². The number of carboxylic acids is 2. The number of hydrogen-bond donors (Lipinski definition) is 2. The van der Waals surface area contributed by atoms with Crippen molar-refractivity contribution < 1.29 is 24.6 Å². The van der Waals surface area contributed by atoms with Crippen LogP contribution in [-0.4, -0.2) is 89.1 Å². The van der Waals surface area contributed by atoms with Crippen molar-refractivity contribution >= 4 is 17.7 Å². The normalized spacial score (nSPS) is 10.8. The number of aliphatic carboxylic acids is 2. The van der Waals surface area contributed by atoms with Crippen LogP contribution in [0.3, 0.4) is 0 Å². The molecule has 17 heteroatoms. The Labute approximate surface area is 219 Å². The number of carbonyl (C=O) groups is 3. The van der Waals surface area contributed by atoms with Gasteiger partial charge in [-0.25, -0.2) is 0 Å². The molecule has 0 saturated carbocycles. The summed E-state index contributed by atoms with van der Waals surface area (Å²) in [5.74, 6) is -1.18. The summed E-state index contributed by atoms with van der Waals surface area (Å²) in [5, 5.41) is 64.9. The first kappa shape index (κ1) is 26.7. The Morgan fingerprint density at radius 2 is 0.744 bits per heavy atom. The average molecular weight is 532 g/mol. The zero-order valence-electron chi connectivity index (χ0n) is 20.5. The fourth-order valence-electron chi connectivity index (χ4n) is 3.42. The van der Waals surface area contributed by atoms with Gasteiger partial charge in [0.05, 0.1) is 6.42 Å². The molecule has 2 N–H and O–H groups in total. The van der Waals surface area contributed by atoms with Crippen molar-refractivity contribution in [2.45, 2.75) is 45.4 Å². The highest BCUT2D eigenvalue weighted by Crippen LogP contribution is 2.17. The first-order valence-electron chi connectivity index (χ1n) is 11.4. The maximum atomic E-state index is 11.3. The Morgan fingerprint density at radius 3 is 1.00 bits per heavy atom. The molecule has 17 nitrogen and oxygen atoms in total. The third-order valence-corrected chi connectivity index (χ3v) is 4.91. The van der Waals surface area contributed by atoms with Gasteiger partial charge in [0.15, 0.2) is 34.9 Å². The van der Waals surface area contributed by atoms with E-state index in [1.807, 2.05) is 18.2 Å². The van der Waals surface area contributed by atoms with Crippen LogP contribution in [0.15, 0.2) is 18.2 Å². The number of hydrogen-bond acceptors (Lipinski definition) is 15. The van der Waals surface area contributed by atoms with E-state index in [4.69, 9.17) is 10.2 Å². The van der Waals surface area contributed by atoms with Crippen LogP contribution in [-0.2, 0) is 52.9 Å². The number of ketones is 1. The molecule has 0 amide bonds. The van der Waals surface area contributed by atoms with Crippen molar-refractivity contribution in [1.29, 1.82) is 0 Å². The third-order valence-electron chi connectivity index (χ3n) is 4.91. The quantitative estimate of drug-likeness (QED) is 0.212. The smallest absolute Gasteiger partial charge is 0.311 e. The van der Waals surface area contributed by atoms with Crippen LogP contribution >= 0.6 is 0 Å². The Hall–Kier alpha value is -5.35. The van der Waals surface area contributed by atoms with Crippen LogP contribution in [0.4, 0.5) is 0 Å². The lowest BCUT2D eigenvalue weighted by molar-refractivity contribution is -0.137. The first-order chi connectivity index (χ1) is 18.7. The van der Waals surface area contributed by atoms with Crippen LogP contribution in [0.2, 0.25) is 0 Å². The van der Waals surface area contributed by atoms with Crippen molar-refractivity contribution in [3.63, 3.8) is 0 Å². The van der Waals surface area contributed by atoms with Gasteiger partial charge >= 0.3 is 11.9 Å². The molecule has 0 aliphatic heterocycles. The Morgan fingerprint density at radius 1 is 0.487 bits per heavy atom. The molecule has 0 unspecified atom stereocenters. The van der Waals surface area contributed by atoms with Gasteiger partial charge in [-0.15, -0.1) is 61.2 Å². The van der Waals surface area contributed by atoms with Gasteiger partial charge in [-0.05, 0) is 23.6 Å². The lowest BCUT2D eigenvalue weighted by atomic mass is 9.99. The SMILES string of the molecule is CC(=O)Cc1nnc(Cc2cc(Cc3nnc(CC(=O)O)nn3)cc(Cc3nnc(CC(=O)O)nn3)c2)nn1. The van der Waals surface area contributed by atoms with E-state index in [1.54, 1.807) is 0 Å². The highest BCUT2D eigenvalue weighted by molar-refractivity contribution is 5.77. The summed E-state index contributed by atoms with van der Waals surface area (Å²) >= 11 is 0. The molecule has 0 aliphatic carbocycles. The van der Waals surface area contributed by atoms with E-state index in [0.29, 0.717) is 5.82 Å². The zero-order valence-corrected chi connectivity index (χ0v) is 20.5. The maximum Gasteiger partial charge on any atom is 0.311 e. The van der Waals surface area contributed by atoms with Gasteiger partial charge in [0.2, 0.25) is 0 Å². The third kappa shape index (κ3) is 8.34. The second kappa shape index (κ2) is 12.3. The largest absolute Gasteiger partial charge is 0.481 e. The second-order valence-corrected chi connectivity index (χ2v) is 8.41. The van der Waals surface area contributed by atoms with Gasteiger partial charge in [-0.2, -0.15) is 0 Å². The second-order valence-electron chi connectivity index (χ2n) is 8.41. The molecule has 0 bridgehead atoms. The molecular formula is C22H20N12O5. The number of carbonyl (C=O) groups excluding carboxylic acids is 1. The van der Waals surface area contributed by atoms with Crippen LogP contribution in [0, 0.1) is 0 Å². The van der Waals surface area contributed by atoms with Gasteiger partial charge in [-0.1, -0.05) is 18.2 Å². The highest BCUT2D eigenvalue weighted by Gasteiger charge is 2.13. The number of nitrogens with zero attached hydrogens (tertiary/aromatic N) is 12. The number of rotatable bonds is 12. The summed E-state index contributed by atoms with van der Waals surface area (Å²) in [6, 6.07) is 5.61. The number of carboxylic acid groups (broad SMARTS) is 2. The molecule has 39 heavy (non-hydrogen) atoms. The van der Waals surface area contributed by atoms with Gasteiger partial charge < -0.3 is 10.2 Å². The monoisotopic (exact) mass is 532 g/mol. The average Bonchev–Trinajstić information content (AvgIpc) is 2.87. The van der Waals surface area contributed by atoms with E-state index in [2.05, 4.69) is 61.2 Å². The summed E-state index contributed by atoms with van der Waals surface area (Å²) in [7, 11) is 0. The summed E-state index contributed by atoms with van der Waals surface area (Å²) in [5.41, 5.74) is 2.33. The molecule has 3 heterocycles. The fourth-order valence-corrected chi connectivity index (χ4v) is 3.42. The molecule has 198 valence electrons. The molecule has 0 atom stereocenters. The maximum absolute atomic E-state index is 11.3. The molecule has 0 fully saturated rings. The van der Waals surface area contributed by atoms with E-state index in [9.17, 15) is 14.4 Å². The van der Waals surface area contributed by atoms with Crippen LogP contribution in [0.25, 0.3) is 0 Å². The Bertz CT molecular complexity index is 1290. The first-order valence-corrected chi connectivity index (χ1v) is 11.4. The number of aromatic nitrogens is 12. The molecule has 0 radical (unpaired) electrons. The van der Waals surface area contributed by atoms with E-state index < -0.39 is 11.9 Å². The van der Waals surface area contributed by atoms with Crippen molar-refractivity contribution in [3.05, 3.63) is 69.8 Å². The molecule has 4 rings (SSSR count). The predicted molar refractivity (Wildman–Crippen MR) is 125 cm³/mol. The lowest BCUT2D eigenvalue weighted by Gasteiger charge is -2.09. The van der Waals surface area contributed by atoms with Crippen molar-refractivity contribution in [3.8, 4) is 0 Å². The van der Waals surface area contributed by atoms with E-state index in [1.165, 1.54) is 6.92 Å². The molecule has 3 aromatic heterocycles. The number of benzene rings is 1. The van der Waals surface area contributed by atoms with Gasteiger partial charge in [-0.3, -0.25) is 14.4 Å². The lowest BCUT2D eigenvalue weighted by Crippen LogP contribution is -2.11. The molecule has 0 aliphatic rings. The van der Waals surface area contributed by atoms with Crippen LogP contribution in [0.5, 0.6) is 0 Å². The standard InChI is InChI=1S/C22H20N12O5/c1-11(35)2-15-23-25-16(26-24-15)6-12-3-13(7-17-27-31-19(32-28-17)9-21(36)37)5-14(4-12)8-18-29-33-20(34-30-18)10-22(38)39/h3-5H,2,6-10H2,1H3,(H,36,37)(H,38,39). The molecule has 1 aromatic carbocycles. The highest BCUT2D eigenvalue weighted by atomic mass is 16.4. The molecule has 4 aromatic rings. The van der Waals surface area contributed by atoms with E-state index in [0.717, 1.165) is 16.7 Å².